The van der Waals surface area contributed by atoms with Crippen LogP contribution in [0.25, 0.3) is 5.76 Å². The number of halogens is 1. The van der Waals surface area contributed by atoms with Crippen LogP contribution < -0.4 is 5.30 Å². The van der Waals surface area contributed by atoms with Gasteiger partial charge in [-0.1, -0.05) is 25.4 Å². The summed E-state index contributed by atoms with van der Waals surface area (Å²) < 4.78 is 11.2. The number of benzene rings is 1. The first-order chi connectivity index (χ1) is 10.4. The van der Waals surface area contributed by atoms with Crippen LogP contribution in [0.1, 0.15) is 32.3 Å². The van der Waals surface area contributed by atoms with Crippen LogP contribution in [0.4, 0.5) is 0 Å². The molecule has 1 fully saturated rings. The Balaban J connectivity index is 2.52. The minimum Gasteiger partial charge on any atom is -0.506 e. The number of carbonyl (C=O) groups is 2. The van der Waals surface area contributed by atoms with Gasteiger partial charge in [0.2, 0.25) is 0 Å². The van der Waals surface area contributed by atoms with Crippen molar-refractivity contribution in [2.24, 2.45) is 5.41 Å². The van der Waals surface area contributed by atoms with Crippen molar-refractivity contribution in [2.75, 3.05) is 0 Å². The average molecular weight is 359 g/mol. The number of hydrogen-bond donors (Lipinski definition) is 3. The van der Waals surface area contributed by atoms with Gasteiger partial charge in [-0.05, 0) is 23.6 Å². The molecule has 0 heterocycles. The largest absolute Gasteiger partial charge is 0.506 e. The molecule has 1 saturated carbocycles. The summed E-state index contributed by atoms with van der Waals surface area (Å²) in [6, 6.07) is 3.29. The maximum atomic E-state index is 12.2. The Hall–Kier alpha value is -1.46. The lowest BCUT2D eigenvalue weighted by atomic mass is 9.73. The van der Waals surface area contributed by atoms with Gasteiger partial charge in [0, 0.05) is 18.4 Å². The quantitative estimate of drug-likeness (QED) is 0.324. The fraction of sp³-hybridized carbons (Fsp3) is 0.333. The maximum absolute atomic E-state index is 12.2. The van der Waals surface area contributed by atoms with Gasteiger partial charge >= 0.3 is 7.60 Å². The molecule has 2 rings (SSSR count). The van der Waals surface area contributed by atoms with Crippen LogP contribution in [0.15, 0.2) is 23.8 Å². The van der Waals surface area contributed by atoms with Gasteiger partial charge < -0.3 is 14.9 Å². The molecule has 23 heavy (non-hydrogen) atoms. The first-order valence-electron chi connectivity index (χ1n) is 6.78. The van der Waals surface area contributed by atoms with E-state index in [4.69, 9.17) is 21.4 Å². The van der Waals surface area contributed by atoms with E-state index in [1.807, 2.05) is 0 Å². The number of aliphatic hydroxyl groups is 1. The first kappa shape index (κ1) is 17.9. The fourth-order valence-corrected chi connectivity index (χ4v) is 3.45. The van der Waals surface area contributed by atoms with E-state index in [2.05, 4.69) is 0 Å². The third-order valence-electron chi connectivity index (χ3n) is 3.62. The van der Waals surface area contributed by atoms with Crippen molar-refractivity contribution in [1.82, 2.24) is 0 Å². The Morgan fingerprint density at radius 3 is 2.13 bits per heavy atom. The van der Waals surface area contributed by atoms with E-state index in [1.54, 1.807) is 13.8 Å². The van der Waals surface area contributed by atoms with Crippen molar-refractivity contribution >= 4 is 41.8 Å². The second kappa shape index (κ2) is 5.87. The minimum atomic E-state index is -4.48. The van der Waals surface area contributed by atoms with Crippen LogP contribution in [0, 0.1) is 5.41 Å². The van der Waals surface area contributed by atoms with Crippen molar-refractivity contribution in [3.8, 4) is 0 Å². The summed E-state index contributed by atoms with van der Waals surface area (Å²) in [4.78, 5) is 42.5. The van der Waals surface area contributed by atoms with Crippen LogP contribution in [-0.2, 0) is 14.2 Å². The lowest BCUT2D eigenvalue weighted by Crippen LogP contribution is -2.32. The number of aliphatic hydroxyl groups excluding tert-OH is 1. The Morgan fingerprint density at radius 1 is 1.17 bits per heavy atom. The molecule has 1 aliphatic carbocycles. The standard InChI is InChI=1S/C15H16ClO6P/c1-15(2)6-11(17)13(12(18)7-15)14(19)9-4-3-8(5-10(9)16)23(20,21)22/h3-5,19H,6-7H2,1-2H3,(H2,20,21,22). The predicted molar refractivity (Wildman–Crippen MR) is 85.7 cm³/mol. The molecule has 6 nitrogen and oxygen atoms in total. The average Bonchev–Trinajstić information content (AvgIpc) is 2.34. The highest BCUT2D eigenvalue weighted by Crippen LogP contribution is 2.38. The van der Waals surface area contributed by atoms with Gasteiger partial charge in [0.15, 0.2) is 11.6 Å². The Bertz CT molecular complexity index is 752. The van der Waals surface area contributed by atoms with E-state index >= 15 is 0 Å². The third-order valence-corrected chi connectivity index (χ3v) is 4.88. The molecule has 0 amide bonds. The number of rotatable bonds is 2. The molecule has 0 unspecified atom stereocenters. The van der Waals surface area contributed by atoms with Crippen molar-refractivity contribution in [3.63, 3.8) is 0 Å². The van der Waals surface area contributed by atoms with E-state index in [9.17, 15) is 19.3 Å². The predicted octanol–water partition coefficient (Wildman–Crippen LogP) is 2.37. The topological polar surface area (TPSA) is 112 Å². The normalized spacial score (nSPS) is 18.2. The molecule has 124 valence electrons. The summed E-state index contributed by atoms with van der Waals surface area (Å²) in [7, 11) is -4.48. The molecule has 0 spiro atoms. The van der Waals surface area contributed by atoms with Gasteiger partial charge in [-0.25, -0.2) is 0 Å². The van der Waals surface area contributed by atoms with Crippen LogP contribution in [-0.4, -0.2) is 26.5 Å². The van der Waals surface area contributed by atoms with Gasteiger partial charge in [0.25, 0.3) is 0 Å². The molecular formula is C15H16ClO6P. The van der Waals surface area contributed by atoms with Crippen molar-refractivity contribution in [1.29, 1.82) is 0 Å². The number of ketones is 2. The van der Waals surface area contributed by atoms with E-state index < -0.39 is 30.3 Å². The second-order valence-electron chi connectivity index (χ2n) is 6.30. The van der Waals surface area contributed by atoms with Gasteiger partial charge in [0.05, 0.1) is 10.3 Å². The summed E-state index contributed by atoms with van der Waals surface area (Å²) in [5.74, 6) is -1.50. The molecule has 0 radical (unpaired) electrons. The third kappa shape index (κ3) is 3.72. The Morgan fingerprint density at radius 2 is 1.70 bits per heavy atom. The van der Waals surface area contributed by atoms with Crippen molar-refractivity contribution < 1.29 is 29.0 Å². The molecule has 8 heteroatoms. The SMILES string of the molecule is CC1(C)CC(=O)C(=C(O)c2ccc(P(=O)(O)O)cc2Cl)C(=O)C1. The Labute approximate surface area is 137 Å². The molecule has 3 N–H and O–H groups in total. The van der Waals surface area contributed by atoms with Crippen molar-refractivity contribution in [3.05, 3.63) is 34.4 Å². The van der Waals surface area contributed by atoms with Gasteiger partial charge in [-0.3, -0.25) is 14.2 Å². The smallest absolute Gasteiger partial charge is 0.356 e. The lowest BCUT2D eigenvalue weighted by Gasteiger charge is -2.28. The first-order valence-corrected chi connectivity index (χ1v) is 8.77. The number of hydrogen-bond acceptors (Lipinski definition) is 4. The lowest BCUT2D eigenvalue weighted by molar-refractivity contribution is -0.127. The van der Waals surface area contributed by atoms with Crippen LogP contribution in [0.5, 0.6) is 0 Å². The monoisotopic (exact) mass is 358 g/mol. The summed E-state index contributed by atoms with van der Waals surface area (Å²) in [6.45, 7) is 3.58. The molecular weight excluding hydrogens is 343 g/mol. The summed E-state index contributed by atoms with van der Waals surface area (Å²) >= 11 is 5.94. The second-order valence-corrected chi connectivity index (χ2v) is 8.31. The molecule has 1 aromatic rings. The summed E-state index contributed by atoms with van der Waals surface area (Å²) in [5.41, 5.74) is -0.790. The zero-order chi connectivity index (χ0) is 17.6. The summed E-state index contributed by atoms with van der Waals surface area (Å²) in [5, 5.41) is 9.83. The van der Waals surface area contributed by atoms with Gasteiger partial charge in [0.1, 0.15) is 11.3 Å². The molecule has 0 aromatic heterocycles. The molecule has 0 aliphatic heterocycles. The Kier molecular flexibility index (Phi) is 4.57. The summed E-state index contributed by atoms with van der Waals surface area (Å²) in [6.07, 6.45) is 0.243. The number of allylic oxidation sites excluding steroid dienone is 1. The highest BCUT2D eigenvalue weighted by atomic mass is 35.5. The van der Waals surface area contributed by atoms with Gasteiger partial charge in [-0.15, -0.1) is 0 Å². The number of Topliss-reactive ketones (excluding diaryl/α,β-unsaturated/α-hetero) is 2. The number of carbonyl (C=O) groups excluding carboxylic acids is 2. The molecule has 1 aromatic carbocycles. The molecule has 1 aliphatic rings. The van der Waals surface area contributed by atoms with E-state index in [0.717, 1.165) is 12.1 Å². The van der Waals surface area contributed by atoms with E-state index in [0.29, 0.717) is 0 Å². The highest BCUT2D eigenvalue weighted by Gasteiger charge is 2.38. The van der Waals surface area contributed by atoms with Crippen LogP contribution in [0.3, 0.4) is 0 Å². The molecule has 0 atom stereocenters. The van der Waals surface area contributed by atoms with Gasteiger partial charge in [-0.2, -0.15) is 0 Å². The van der Waals surface area contributed by atoms with E-state index in [-0.39, 0.29) is 34.3 Å². The maximum Gasteiger partial charge on any atom is 0.356 e. The zero-order valence-electron chi connectivity index (χ0n) is 12.5. The highest BCUT2D eigenvalue weighted by molar-refractivity contribution is 7.60. The minimum absolute atomic E-state index is 0.0136. The molecule has 0 bridgehead atoms. The molecule has 0 saturated heterocycles. The van der Waals surface area contributed by atoms with E-state index in [1.165, 1.54) is 6.07 Å². The van der Waals surface area contributed by atoms with Crippen LogP contribution in [0.2, 0.25) is 5.02 Å². The zero-order valence-corrected chi connectivity index (χ0v) is 14.2. The van der Waals surface area contributed by atoms with Crippen LogP contribution >= 0.6 is 19.2 Å². The van der Waals surface area contributed by atoms with Crippen molar-refractivity contribution in [2.45, 2.75) is 26.7 Å². The fourth-order valence-electron chi connectivity index (χ4n) is 2.54.